The molecule has 0 saturated carbocycles. The first-order chi connectivity index (χ1) is 12.1. The zero-order valence-electron chi connectivity index (χ0n) is 13.8. The van der Waals surface area contributed by atoms with Crippen molar-refractivity contribution in [2.24, 2.45) is 0 Å². The van der Waals surface area contributed by atoms with Crippen LogP contribution in [-0.2, 0) is 9.84 Å². The number of anilines is 1. The molecule has 0 saturated heterocycles. The molecule has 6 nitrogen and oxygen atoms in total. The third-order valence-corrected chi connectivity index (χ3v) is 5.93. The van der Waals surface area contributed by atoms with Crippen LogP contribution in [0.1, 0.15) is 24.2 Å². The first-order valence-corrected chi connectivity index (χ1v) is 9.19. The highest BCUT2D eigenvalue weighted by Crippen LogP contribution is 2.42. The number of hydrogen-bond donors (Lipinski definition) is 1. The van der Waals surface area contributed by atoms with Gasteiger partial charge >= 0.3 is 6.29 Å². The Labute approximate surface area is 148 Å². The summed E-state index contributed by atoms with van der Waals surface area (Å²) in [5.41, 5.74) is 0.121. The number of fused-ring (bicyclic) bond motifs is 1. The monoisotopic (exact) mass is 383 g/mol. The first-order valence-electron chi connectivity index (χ1n) is 7.64. The van der Waals surface area contributed by atoms with Gasteiger partial charge < -0.3 is 14.8 Å². The van der Waals surface area contributed by atoms with Crippen molar-refractivity contribution in [2.45, 2.75) is 30.3 Å². The smallest absolute Gasteiger partial charge is 0.395 e. The predicted molar refractivity (Wildman–Crippen MR) is 89.4 cm³/mol. The molecular weight excluding hydrogens is 368 g/mol. The Bertz CT molecular complexity index is 973. The van der Waals surface area contributed by atoms with E-state index in [9.17, 15) is 22.0 Å². The van der Waals surface area contributed by atoms with Gasteiger partial charge in [-0.2, -0.15) is 0 Å². The first kappa shape index (κ1) is 18.1. The van der Waals surface area contributed by atoms with Gasteiger partial charge in [0.05, 0.1) is 15.7 Å². The predicted octanol–water partition coefficient (Wildman–Crippen LogP) is 3.44. The highest BCUT2D eigenvalue weighted by molar-refractivity contribution is 7.92. The number of ether oxygens (including phenoxy) is 2. The molecule has 2 aromatic rings. The maximum atomic E-state index is 13.1. The van der Waals surface area contributed by atoms with Crippen LogP contribution in [0.25, 0.3) is 0 Å². The van der Waals surface area contributed by atoms with Crippen LogP contribution >= 0.6 is 0 Å². The van der Waals surface area contributed by atoms with E-state index in [4.69, 9.17) is 0 Å². The SMILES string of the molecule is CC(C)S(=O)(=O)c1ccccc1C(=O)Nc1ccc2c(c1)OC(F)(F)O2. The fourth-order valence-electron chi connectivity index (χ4n) is 2.38. The Hall–Kier alpha value is -2.68. The lowest BCUT2D eigenvalue weighted by Gasteiger charge is -2.13. The van der Waals surface area contributed by atoms with E-state index in [2.05, 4.69) is 14.8 Å². The molecule has 0 bridgehead atoms. The summed E-state index contributed by atoms with van der Waals surface area (Å²) in [6.45, 7) is 3.03. The normalized spacial score (nSPS) is 15.1. The average molecular weight is 383 g/mol. The molecular formula is C17H15F2NO5S. The summed E-state index contributed by atoms with van der Waals surface area (Å²) in [5.74, 6) is -1.07. The van der Waals surface area contributed by atoms with Gasteiger partial charge in [-0.3, -0.25) is 4.79 Å². The minimum Gasteiger partial charge on any atom is -0.395 e. The molecule has 1 N–H and O–H groups in total. The lowest BCUT2D eigenvalue weighted by Crippen LogP contribution is -2.25. The number of carbonyl (C=O) groups excluding carboxylic acids is 1. The van der Waals surface area contributed by atoms with Crippen LogP contribution in [0.4, 0.5) is 14.5 Å². The summed E-state index contributed by atoms with van der Waals surface area (Å²) in [6, 6.07) is 9.54. The van der Waals surface area contributed by atoms with Crippen LogP contribution in [-0.4, -0.2) is 25.9 Å². The standard InChI is InChI=1S/C17H15F2NO5S/c1-10(2)26(22,23)15-6-4-3-5-12(15)16(21)20-11-7-8-13-14(9-11)25-17(18,19)24-13/h3-10H,1-2H3,(H,20,21). The molecule has 138 valence electrons. The maximum Gasteiger partial charge on any atom is 0.586 e. The van der Waals surface area contributed by atoms with E-state index in [1.807, 2.05) is 0 Å². The van der Waals surface area contributed by atoms with Crippen molar-refractivity contribution < 1.29 is 31.5 Å². The number of carbonyl (C=O) groups is 1. The van der Waals surface area contributed by atoms with Gasteiger partial charge in [0.15, 0.2) is 21.3 Å². The second kappa shape index (κ2) is 6.24. The minimum atomic E-state index is -3.76. The number of amides is 1. The molecule has 1 aliphatic rings. The van der Waals surface area contributed by atoms with Crippen LogP contribution in [0.3, 0.4) is 0 Å². The van der Waals surface area contributed by atoms with Gasteiger partial charge in [-0.1, -0.05) is 12.1 Å². The summed E-state index contributed by atoms with van der Waals surface area (Å²) in [4.78, 5) is 12.4. The molecule has 0 spiro atoms. The number of sulfone groups is 1. The van der Waals surface area contributed by atoms with Crippen molar-refractivity contribution in [3.8, 4) is 11.5 Å². The highest BCUT2D eigenvalue weighted by atomic mass is 32.2. The molecule has 0 radical (unpaired) electrons. The van der Waals surface area contributed by atoms with Crippen molar-refractivity contribution >= 4 is 21.4 Å². The Morgan fingerprint density at radius 2 is 1.73 bits per heavy atom. The van der Waals surface area contributed by atoms with Crippen LogP contribution in [0.5, 0.6) is 11.5 Å². The summed E-state index contributed by atoms with van der Waals surface area (Å²) in [6.07, 6.45) is -3.76. The van der Waals surface area contributed by atoms with Gasteiger partial charge in [0.1, 0.15) is 0 Å². The summed E-state index contributed by atoms with van der Waals surface area (Å²) >= 11 is 0. The molecule has 1 aliphatic heterocycles. The zero-order valence-corrected chi connectivity index (χ0v) is 14.6. The molecule has 26 heavy (non-hydrogen) atoms. The number of hydrogen-bond acceptors (Lipinski definition) is 5. The third-order valence-electron chi connectivity index (χ3n) is 3.72. The van der Waals surface area contributed by atoms with E-state index in [-0.39, 0.29) is 27.6 Å². The van der Waals surface area contributed by atoms with Gasteiger partial charge in [-0.05, 0) is 38.1 Å². The fraction of sp³-hybridized carbons (Fsp3) is 0.235. The van der Waals surface area contributed by atoms with E-state index in [0.717, 1.165) is 0 Å². The second-order valence-corrected chi connectivity index (χ2v) is 8.35. The quantitative estimate of drug-likeness (QED) is 0.875. The molecule has 0 unspecified atom stereocenters. The van der Waals surface area contributed by atoms with E-state index < -0.39 is 27.3 Å². The Morgan fingerprint density at radius 3 is 2.42 bits per heavy atom. The topological polar surface area (TPSA) is 81.7 Å². The second-order valence-electron chi connectivity index (χ2n) is 5.87. The van der Waals surface area contributed by atoms with Crippen LogP contribution < -0.4 is 14.8 Å². The van der Waals surface area contributed by atoms with Gasteiger partial charge in [0, 0.05) is 11.8 Å². The van der Waals surface area contributed by atoms with Gasteiger partial charge in [0.25, 0.3) is 5.91 Å². The Balaban J connectivity index is 1.89. The van der Waals surface area contributed by atoms with Crippen molar-refractivity contribution in [1.29, 1.82) is 0 Å². The van der Waals surface area contributed by atoms with E-state index in [1.54, 1.807) is 0 Å². The van der Waals surface area contributed by atoms with Crippen molar-refractivity contribution in [3.63, 3.8) is 0 Å². The van der Waals surface area contributed by atoms with E-state index in [1.165, 1.54) is 56.3 Å². The average Bonchev–Trinajstić information content (AvgIpc) is 2.87. The zero-order chi connectivity index (χ0) is 19.1. The Kier molecular flexibility index (Phi) is 4.35. The van der Waals surface area contributed by atoms with E-state index in [0.29, 0.717) is 0 Å². The van der Waals surface area contributed by atoms with Crippen LogP contribution in [0.2, 0.25) is 0 Å². The van der Waals surface area contributed by atoms with Crippen LogP contribution in [0.15, 0.2) is 47.4 Å². The van der Waals surface area contributed by atoms with E-state index >= 15 is 0 Å². The largest absolute Gasteiger partial charge is 0.586 e. The lowest BCUT2D eigenvalue weighted by atomic mass is 10.2. The minimum absolute atomic E-state index is 0.0378. The molecule has 9 heteroatoms. The summed E-state index contributed by atoms with van der Waals surface area (Å²) in [5, 5.41) is 1.78. The number of nitrogens with one attached hydrogen (secondary N) is 1. The molecule has 0 fully saturated rings. The van der Waals surface area contributed by atoms with Crippen molar-refractivity contribution in [1.82, 2.24) is 0 Å². The van der Waals surface area contributed by atoms with Gasteiger partial charge in [0.2, 0.25) is 0 Å². The third kappa shape index (κ3) is 3.34. The molecule has 1 amide bonds. The van der Waals surface area contributed by atoms with Gasteiger partial charge in [-0.25, -0.2) is 8.42 Å². The molecule has 2 aromatic carbocycles. The van der Waals surface area contributed by atoms with Gasteiger partial charge in [-0.15, -0.1) is 8.78 Å². The lowest BCUT2D eigenvalue weighted by molar-refractivity contribution is -0.286. The number of rotatable bonds is 4. The van der Waals surface area contributed by atoms with Crippen molar-refractivity contribution in [2.75, 3.05) is 5.32 Å². The molecule has 0 aromatic heterocycles. The molecule has 0 atom stereocenters. The molecule has 1 heterocycles. The van der Waals surface area contributed by atoms with Crippen molar-refractivity contribution in [3.05, 3.63) is 48.0 Å². The molecule has 0 aliphatic carbocycles. The number of benzene rings is 2. The highest BCUT2D eigenvalue weighted by Gasteiger charge is 2.43. The fourth-order valence-corrected chi connectivity index (χ4v) is 3.62. The summed E-state index contributed by atoms with van der Waals surface area (Å²) < 4.78 is 59.6. The summed E-state index contributed by atoms with van der Waals surface area (Å²) in [7, 11) is -3.67. The Morgan fingerprint density at radius 1 is 1.08 bits per heavy atom. The maximum absolute atomic E-state index is 13.1. The van der Waals surface area contributed by atoms with Crippen LogP contribution in [0, 0.1) is 0 Å². The molecule has 3 rings (SSSR count). The number of alkyl halides is 2. The number of halogens is 2.